The number of aliphatic hydroxyl groups excluding tert-OH is 6. The van der Waals surface area contributed by atoms with Gasteiger partial charge < -0.3 is 56.8 Å². The van der Waals surface area contributed by atoms with Crippen LogP contribution in [0.5, 0.6) is 11.5 Å². The molecule has 5 aromatic carbocycles. The highest BCUT2D eigenvalue weighted by Gasteiger charge is 2.61. The summed E-state index contributed by atoms with van der Waals surface area (Å²) in [5.74, 6) is 3.33. The van der Waals surface area contributed by atoms with Crippen LogP contribution in [0.15, 0.2) is 121 Å². The maximum absolute atomic E-state index is 13.8. The summed E-state index contributed by atoms with van der Waals surface area (Å²) >= 11 is 2.27. The van der Waals surface area contributed by atoms with Crippen LogP contribution in [-0.4, -0.2) is 166 Å². The molecule has 0 radical (unpaired) electrons. The molecule has 572 valence electrons. The number of hydrogen-bond acceptors (Lipinski definition) is 17. The van der Waals surface area contributed by atoms with Gasteiger partial charge in [-0.15, -0.1) is 0 Å². The molecule has 3 heterocycles. The fourth-order valence-electron chi connectivity index (χ4n) is 20.7. The molecule has 105 heavy (non-hydrogen) atoms. The van der Waals surface area contributed by atoms with Crippen molar-refractivity contribution in [2.45, 2.75) is 214 Å². The first-order valence-electron chi connectivity index (χ1n) is 38.4. The van der Waals surface area contributed by atoms with E-state index in [1.165, 1.54) is 19.3 Å². The number of aliphatic hydroxyl groups is 6. The van der Waals surface area contributed by atoms with Crippen LogP contribution in [0, 0.1) is 90.8 Å². The summed E-state index contributed by atoms with van der Waals surface area (Å²) in [7, 11) is 0. The van der Waals surface area contributed by atoms with E-state index in [1.807, 2.05) is 78.9 Å². The maximum atomic E-state index is 13.8. The van der Waals surface area contributed by atoms with E-state index < -0.39 is 72.5 Å². The molecule has 9 aliphatic carbocycles. The highest BCUT2D eigenvalue weighted by molar-refractivity contribution is 14.1. The van der Waals surface area contributed by atoms with Crippen LogP contribution < -0.4 is 16.0 Å². The summed E-state index contributed by atoms with van der Waals surface area (Å²) in [6, 6.07) is 36.3. The number of benzene rings is 5. The van der Waals surface area contributed by atoms with Gasteiger partial charge in [0.15, 0.2) is 0 Å². The van der Waals surface area contributed by atoms with E-state index in [0.717, 1.165) is 61.8 Å². The van der Waals surface area contributed by atoms with Crippen molar-refractivity contribution in [1.82, 2.24) is 31.1 Å². The number of fused-ring (bicyclic) bond motifs is 6. The maximum Gasteiger partial charge on any atom is 0.240 e. The lowest BCUT2D eigenvalue weighted by atomic mass is 9.45. The van der Waals surface area contributed by atoms with E-state index in [4.69, 9.17) is 14.5 Å². The van der Waals surface area contributed by atoms with Crippen LogP contribution in [0.1, 0.15) is 138 Å². The number of rotatable bonds is 20. The average Bonchev–Trinajstić information content (AvgIpc) is 1.20. The molecule has 24 atom stereocenters. The number of hydroxylamine groups is 6. The SMILES string of the molecule is C[C@@H]1[C@@H](NC(=O)[C@@H]2[C@H]([C@H](C)O)[C@H](CO)ON2Cc2cccc(-c3cccc(O)c3)c2)C[C@H]2C[C@@H]1C2(C)C.C[C@@H]1[C@@H](NC(=O)[C@@H]2[C@H]([C@H](C)O)[C@H](CO)ON2Cc2cccc(-c3cccc(O)c3)c2)C[C@H]2C[C@@H]1C2(C)C.C[C@@H]1[C@@H](NC(=O)[C@@H]2[C@H]([C@H](C)O)[C@H](CO)ON2Cc2cccc(I)c2)C[C@H]2C[C@@H]1C2(C)C. The number of phenolic OH excluding ortho intramolecular Hbond substituents is 2. The number of carbonyl (C=O) groups is 3. The van der Waals surface area contributed by atoms with Crippen molar-refractivity contribution >= 4 is 40.3 Å². The highest BCUT2D eigenvalue weighted by atomic mass is 127. The minimum Gasteiger partial charge on any atom is -0.508 e. The molecule has 21 heteroatoms. The number of aromatic hydroxyl groups is 2. The van der Waals surface area contributed by atoms with Crippen LogP contribution in [0.25, 0.3) is 22.3 Å². The Bertz CT molecular complexity index is 3680. The minimum atomic E-state index is -0.826. The van der Waals surface area contributed by atoms with Gasteiger partial charge in [0.25, 0.3) is 0 Å². The number of halogens is 1. The molecule has 3 saturated heterocycles. The van der Waals surface area contributed by atoms with E-state index >= 15 is 0 Å². The molecule has 17 rings (SSSR count). The third kappa shape index (κ3) is 16.1. The van der Waals surface area contributed by atoms with Crippen molar-refractivity contribution in [2.24, 2.45) is 87.3 Å². The molecule has 11 N–H and O–H groups in total. The van der Waals surface area contributed by atoms with Gasteiger partial charge in [-0.1, -0.05) is 135 Å². The monoisotopic (exact) mass is 1560 g/mol. The Hall–Kier alpha value is -5.64. The molecule has 9 saturated carbocycles. The van der Waals surface area contributed by atoms with Gasteiger partial charge in [-0.2, -0.15) is 15.2 Å². The lowest BCUT2D eigenvalue weighted by Crippen LogP contribution is -2.62. The predicted octanol–water partition coefficient (Wildman–Crippen LogP) is 10.4. The molecule has 12 aliphatic rings. The fraction of sp³-hybridized carbons (Fsp3) is 0.607. The number of nitrogens with one attached hydrogen (secondary N) is 3. The molecule has 0 spiro atoms. The zero-order valence-electron chi connectivity index (χ0n) is 63.1. The smallest absolute Gasteiger partial charge is 0.240 e. The Morgan fingerprint density at radius 2 is 0.714 bits per heavy atom. The van der Waals surface area contributed by atoms with Crippen molar-refractivity contribution in [3.8, 4) is 33.8 Å². The number of hydrogen-bond donors (Lipinski definition) is 11. The Kier molecular flexibility index (Phi) is 24.1. The van der Waals surface area contributed by atoms with Gasteiger partial charge in [0.2, 0.25) is 17.7 Å². The quantitative estimate of drug-likeness (QED) is 0.0323. The molecule has 12 fully saturated rings. The van der Waals surface area contributed by atoms with Gasteiger partial charge in [0.1, 0.15) is 47.9 Å². The summed E-state index contributed by atoms with van der Waals surface area (Å²) in [6.45, 7) is 26.1. The molecule has 6 bridgehead atoms. The largest absolute Gasteiger partial charge is 0.508 e. The van der Waals surface area contributed by atoms with E-state index in [0.29, 0.717) is 89.1 Å². The van der Waals surface area contributed by atoms with Crippen molar-refractivity contribution in [1.29, 1.82) is 0 Å². The second-order valence-corrected chi connectivity index (χ2v) is 35.6. The van der Waals surface area contributed by atoms with Crippen LogP contribution in [0.3, 0.4) is 0 Å². The summed E-state index contributed by atoms with van der Waals surface area (Å²) in [5, 5.41) is 96.3. The molecule has 3 amide bonds. The second-order valence-electron chi connectivity index (χ2n) is 34.3. The van der Waals surface area contributed by atoms with Gasteiger partial charge in [0.05, 0.1) is 57.8 Å². The van der Waals surface area contributed by atoms with Crippen LogP contribution in [0.4, 0.5) is 0 Å². The Morgan fingerprint density at radius 1 is 0.438 bits per heavy atom. The number of amides is 3. The van der Waals surface area contributed by atoms with Crippen molar-refractivity contribution in [3.63, 3.8) is 0 Å². The molecule has 0 aromatic heterocycles. The average molecular weight is 1560 g/mol. The molecule has 20 nitrogen and oxygen atoms in total. The molecule has 0 unspecified atom stereocenters. The van der Waals surface area contributed by atoms with E-state index in [2.05, 4.69) is 107 Å². The van der Waals surface area contributed by atoms with Gasteiger partial charge >= 0.3 is 0 Å². The third-order valence-corrected chi connectivity index (χ3v) is 28.0. The Balaban J connectivity index is 0.000000149. The first kappa shape index (κ1) is 78.9. The summed E-state index contributed by atoms with van der Waals surface area (Å²) < 4.78 is 1.11. The van der Waals surface area contributed by atoms with Gasteiger partial charge in [-0.25, -0.2) is 0 Å². The van der Waals surface area contributed by atoms with Crippen molar-refractivity contribution in [2.75, 3.05) is 19.8 Å². The molecule has 3 aliphatic heterocycles. The standard InChI is InChI=1S/2C30H40N2O5.C24H35IN2O4/c2*1-17-24-13-22(30(24,3)4)14-25(17)31-29(36)28-27(18(2)34)26(16-33)37-32(28)15-19-7-5-8-20(11-19)21-9-6-10-23(35)12-21;1-13-18-9-16(24(18,3)4)10-19(13)26-23(30)22-21(14(2)29)20(12-28)31-27(22)11-15-6-5-7-17(25)8-15/h2*5-12,17-18,22,24-28,33-35H,13-16H2,1-4H3,(H,31,36);5-8,13-14,16,18-22,28-29H,9-12H2,1-4H3,(H,26,30)/t2*17-,18-,22+,24-,25-,26-,27+,28-;13-,14-,16+,18-,19-,20-,21+,22-/m000/s1. The van der Waals surface area contributed by atoms with Crippen LogP contribution in [0.2, 0.25) is 0 Å². The van der Waals surface area contributed by atoms with Crippen molar-refractivity contribution < 1.29 is 69.7 Å². The summed E-state index contributed by atoms with van der Waals surface area (Å²) in [6.07, 6.45) is 2.31. The summed E-state index contributed by atoms with van der Waals surface area (Å²) in [4.78, 5) is 59.3. The normalized spacial score (nSPS) is 34.8. The molecule has 5 aromatic rings. The zero-order chi connectivity index (χ0) is 75.5. The minimum absolute atomic E-state index is 0.100. The second kappa shape index (κ2) is 32.1. The predicted molar refractivity (Wildman–Crippen MR) is 409 cm³/mol. The van der Waals surface area contributed by atoms with Gasteiger partial charge in [0, 0.05) is 39.4 Å². The van der Waals surface area contributed by atoms with E-state index in [9.17, 15) is 55.2 Å². The lowest BCUT2D eigenvalue weighted by molar-refractivity contribution is -0.183. The van der Waals surface area contributed by atoms with E-state index in [-0.39, 0.29) is 67.2 Å². The Morgan fingerprint density at radius 3 is 0.971 bits per heavy atom. The number of phenols is 2. The Labute approximate surface area is 634 Å². The number of carbonyl (C=O) groups excluding carboxylic acids is 3. The van der Waals surface area contributed by atoms with Crippen molar-refractivity contribution in [3.05, 3.63) is 142 Å². The summed E-state index contributed by atoms with van der Waals surface area (Å²) in [5.41, 5.74) is 7.56. The lowest BCUT2D eigenvalue weighted by Gasteiger charge is -2.62. The molecular formula is C84H115IN6O14. The molecular weight excluding hydrogens is 1440 g/mol. The van der Waals surface area contributed by atoms with Crippen LogP contribution in [-0.2, 0) is 48.5 Å². The number of nitrogens with zero attached hydrogens (tertiary/aromatic N) is 3. The van der Waals surface area contributed by atoms with Gasteiger partial charge in [-0.05, 0) is 239 Å². The van der Waals surface area contributed by atoms with Gasteiger partial charge in [-0.3, -0.25) is 28.9 Å². The topological polar surface area (TPSA) is 287 Å². The van der Waals surface area contributed by atoms with Crippen LogP contribution >= 0.6 is 22.6 Å². The third-order valence-electron chi connectivity index (χ3n) is 27.3. The zero-order valence-corrected chi connectivity index (χ0v) is 65.3. The first-order valence-corrected chi connectivity index (χ1v) is 39.5. The van der Waals surface area contributed by atoms with E-state index in [1.54, 1.807) is 72.4 Å². The first-order chi connectivity index (χ1) is 49.8. The highest BCUT2D eigenvalue weighted by Crippen LogP contribution is 2.63. The fourth-order valence-corrected chi connectivity index (χ4v) is 21.3.